The Morgan fingerprint density at radius 2 is 2.17 bits per heavy atom. The quantitative estimate of drug-likeness (QED) is 0.796. The van der Waals surface area contributed by atoms with Gasteiger partial charge in [-0.15, -0.1) is 0 Å². The van der Waals surface area contributed by atoms with Crippen LogP contribution in [0.4, 0.5) is 5.69 Å². The van der Waals surface area contributed by atoms with Crippen molar-refractivity contribution < 1.29 is 13.7 Å². The summed E-state index contributed by atoms with van der Waals surface area (Å²) in [6.45, 7) is 0. The number of aromatic nitrogens is 3. The van der Waals surface area contributed by atoms with Gasteiger partial charge in [0.05, 0.1) is 24.2 Å². The van der Waals surface area contributed by atoms with E-state index in [2.05, 4.69) is 15.6 Å². The van der Waals surface area contributed by atoms with Gasteiger partial charge in [0.25, 0.3) is 5.91 Å². The molecule has 1 saturated carbocycles. The monoisotopic (exact) mass is 312 g/mol. The van der Waals surface area contributed by atoms with Crippen molar-refractivity contribution >= 4 is 11.6 Å². The van der Waals surface area contributed by atoms with Crippen molar-refractivity contribution in [1.82, 2.24) is 14.9 Å². The second kappa shape index (κ2) is 5.75. The van der Waals surface area contributed by atoms with Crippen molar-refractivity contribution in [2.24, 2.45) is 0 Å². The van der Waals surface area contributed by atoms with Crippen LogP contribution in [0.25, 0.3) is 11.5 Å². The highest BCUT2D eigenvalue weighted by atomic mass is 16.5. The number of nitrogens with one attached hydrogen (secondary N) is 1. The summed E-state index contributed by atoms with van der Waals surface area (Å²) < 4.78 is 12.3. The highest BCUT2D eigenvalue weighted by Gasteiger charge is 2.19. The third-order valence-corrected chi connectivity index (χ3v) is 4.07. The van der Waals surface area contributed by atoms with Crippen molar-refractivity contribution in [3.8, 4) is 11.5 Å². The van der Waals surface area contributed by atoms with E-state index in [-0.39, 0.29) is 11.6 Å². The molecule has 0 saturated heterocycles. The molecule has 3 heterocycles. The highest BCUT2D eigenvalue weighted by molar-refractivity contribution is 6.03. The fourth-order valence-electron chi connectivity index (χ4n) is 2.88. The number of carbonyl (C=O) groups is 1. The normalized spacial score (nSPS) is 15.1. The molecule has 23 heavy (non-hydrogen) atoms. The number of furan rings is 1. The molecule has 0 aromatic carbocycles. The Bertz CT molecular complexity index is 797. The van der Waals surface area contributed by atoms with Gasteiger partial charge in [-0.1, -0.05) is 18.0 Å². The van der Waals surface area contributed by atoms with Crippen LogP contribution in [-0.4, -0.2) is 20.8 Å². The van der Waals surface area contributed by atoms with E-state index >= 15 is 0 Å². The molecule has 3 aromatic heterocycles. The average molecular weight is 312 g/mol. The lowest BCUT2D eigenvalue weighted by Crippen LogP contribution is -2.11. The van der Waals surface area contributed by atoms with E-state index in [1.807, 2.05) is 10.9 Å². The van der Waals surface area contributed by atoms with E-state index in [0.29, 0.717) is 23.2 Å². The Hall–Kier alpha value is -2.83. The van der Waals surface area contributed by atoms with Crippen LogP contribution in [0.5, 0.6) is 0 Å². The molecule has 0 unspecified atom stereocenters. The second-order valence-corrected chi connectivity index (χ2v) is 5.66. The van der Waals surface area contributed by atoms with Gasteiger partial charge >= 0.3 is 0 Å². The highest BCUT2D eigenvalue weighted by Crippen LogP contribution is 2.29. The zero-order chi connectivity index (χ0) is 15.6. The fourth-order valence-corrected chi connectivity index (χ4v) is 2.88. The molecule has 1 aliphatic carbocycles. The van der Waals surface area contributed by atoms with Crippen LogP contribution in [0.1, 0.15) is 42.2 Å². The first-order valence-electron chi connectivity index (χ1n) is 7.66. The van der Waals surface area contributed by atoms with Gasteiger partial charge in [0, 0.05) is 12.3 Å². The number of carbonyl (C=O) groups excluding carboxylic acids is 1. The summed E-state index contributed by atoms with van der Waals surface area (Å²) in [7, 11) is 0. The third-order valence-electron chi connectivity index (χ3n) is 4.07. The first-order valence-corrected chi connectivity index (χ1v) is 7.66. The predicted molar refractivity (Wildman–Crippen MR) is 81.9 cm³/mol. The van der Waals surface area contributed by atoms with Gasteiger partial charge in [-0.25, -0.2) is 0 Å². The number of rotatable bonds is 4. The van der Waals surface area contributed by atoms with Crippen LogP contribution in [0.15, 0.2) is 45.8 Å². The summed E-state index contributed by atoms with van der Waals surface area (Å²) in [4.78, 5) is 12.2. The molecule has 1 amide bonds. The Kier molecular flexibility index (Phi) is 3.45. The van der Waals surface area contributed by atoms with Crippen molar-refractivity contribution in [2.75, 3.05) is 5.32 Å². The molecule has 7 heteroatoms. The van der Waals surface area contributed by atoms with Gasteiger partial charge < -0.3 is 14.3 Å². The average Bonchev–Trinajstić information content (AvgIpc) is 3.30. The summed E-state index contributed by atoms with van der Waals surface area (Å²) in [5.74, 6) is 0.616. The second-order valence-electron chi connectivity index (χ2n) is 5.66. The zero-order valence-corrected chi connectivity index (χ0v) is 12.4. The topological polar surface area (TPSA) is 86.1 Å². The van der Waals surface area contributed by atoms with E-state index in [1.165, 1.54) is 19.1 Å². The molecule has 0 atom stereocenters. The standard InChI is InChI=1S/C16H16N4O3/c21-16(13-8-15(23-19-13)14-6-3-7-22-14)18-11-9-17-20(10-11)12-4-1-2-5-12/h3,6-10,12H,1-2,4-5H2,(H,18,21). The molecule has 0 radical (unpaired) electrons. The van der Waals surface area contributed by atoms with E-state index in [4.69, 9.17) is 8.94 Å². The van der Waals surface area contributed by atoms with Crippen molar-refractivity contribution in [3.05, 3.63) is 42.5 Å². The lowest BCUT2D eigenvalue weighted by atomic mass is 10.2. The van der Waals surface area contributed by atoms with Crippen LogP contribution < -0.4 is 5.32 Å². The van der Waals surface area contributed by atoms with Crippen LogP contribution >= 0.6 is 0 Å². The van der Waals surface area contributed by atoms with Gasteiger partial charge in [0.15, 0.2) is 11.5 Å². The molecular formula is C16H16N4O3. The lowest BCUT2D eigenvalue weighted by Gasteiger charge is -2.08. The Morgan fingerprint density at radius 1 is 1.30 bits per heavy atom. The molecule has 0 bridgehead atoms. The minimum Gasteiger partial charge on any atom is -0.461 e. The van der Waals surface area contributed by atoms with Crippen LogP contribution in [0.2, 0.25) is 0 Å². The predicted octanol–water partition coefficient (Wildman–Crippen LogP) is 3.50. The Labute approximate surface area is 132 Å². The van der Waals surface area contributed by atoms with Crippen molar-refractivity contribution in [1.29, 1.82) is 0 Å². The molecule has 1 aliphatic rings. The number of amides is 1. The van der Waals surface area contributed by atoms with Crippen LogP contribution in [0.3, 0.4) is 0 Å². The molecule has 4 rings (SSSR count). The van der Waals surface area contributed by atoms with E-state index in [0.717, 1.165) is 12.8 Å². The smallest absolute Gasteiger partial charge is 0.277 e. The minimum absolute atomic E-state index is 0.199. The number of anilines is 1. The maximum Gasteiger partial charge on any atom is 0.277 e. The summed E-state index contributed by atoms with van der Waals surface area (Å²) in [5.41, 5.74) is 0.856. The van der Waals surface area contributed by atoms with Crippen LogP contribution in [-0.2, 0) is 0 Å². The number of hydrogen-bond acceptors (Lipinski definition) is 5. The minimum atomic E-state index is -0.336. The van der Waals surface area contributed by atoms with Gasteiger partial charge in [0.1, 0.15) is 0 Å². The maximum atomic E-state index is 12.2. The summed E-state index contributed by atoms with van der Waals surface area (Å²) >= 11 is 0. The maximum absolute atomic E-state index is 12.2. The first-order chi connectivity index (χ1) is 11.3. The van der Waals surface area contributed by atoms with Gasteiger partial charge in [-0.2, -0.15) is 5.10 Å². The van der Waals surface area contributed by atoms with Gasteiger partial charge in [-0.3, -0.25) is 9.48 Å². The van der Waals surface area contributed by atoms with Crippen molar-refractivity contribution in [3.63, 3.8) is 0 Å². The molecule has 0 spiro atoms. The SMILES string of the molecule is O=C(Nc1cnn(C2CCCC2)c1)c1cc(-c2ccco2)on1. The zero-order valence-electron chi connectivity index (χ0n) is 12.4. The lowest BCUT2D eigenvalue weighted by molar-refractivity contribution is 0.101. The van der Waals surface area contributed by atoms with Gasteiger partial charge in [0.2, 0.25) is 5.76 Å². The Morgan fingerprint density at radius 3 is 2.96 bits per heavy atom. The number of hydrogen-bond donors (Lipinski definition) is 1. The molecular weight excluding hydrogens is 296 g/mol. The summed E-state index contributed by atoms with van der Waals surface area (Å²) in [6, 6.07) is 5.48. The summed E-state index contributed by atoms with van der Waals surface area (Å²) in [6.07, 6.45) is 9.82. The summed E-state index contributed by atoms with van der Waals surface area (Å²) in [5, 5.41) is 10.9. The first kappa shape index (κ1) is 13.8. The molecule has 1 fully saturated rings. The van der Waals surface area contributed by atoms with Crippen LogP contribution in [0, 0.1) is 0 Å². The Balaban J connectivity index is 1.45. The van der Waals surface area contributed by atoms with E-state index in [9.17, 15) is 4.79 Å². The fraction of sp³-hybridized carbons (Fsp3) is 0.312. The van der Waals surface area contributed by atoms with E-state index in [1.54, 1.807) is 24.4 Å². The van der Waals surface area contributed by atoms with E-state index < -0.39 is 0 Å². The molecule has 3 aromatic rings. The molecule has 118 valence electrons. The molecule has 7 nitrogen and oxygen atoms in total. The van der Waals surface area contributed by atoms with Crippen molar-refractivity contribution in [2.45, 2.75) is 31.7 Å². The largest absolute Gasteiger partial charge is 0.461 e. The van der Waals surface area contributed by atoms with Gasteiger partial charge in [-0.05, 0) is 25.0 Å². The molecule has 1 N–H and O–H groups in total. The molecule has 0 aliphatic heterocycles. The third kappa shape index (κ3) is 2.77. The number of nitrogens with zero attached hydrogens (tertiary/aromatic N) is 3.